The van der Waals surface area contributed by atoms with Crippen LogP contribution >= 0.6 is 23.2 Å². The fraction of sp³-hybridized carbons (Fsp3) is 0.375. The highest BCUT2D eigenvalue weighted by molar-refractivity contribution is 6.37. The number of carbonyl (C=O) groups excluding carboxylic acids is 2. The molecule has 0 aliphatic rings. The van der Waals surface area contributed by atoms with E-state index in [-0.39, 0.29) is 18.6 Å². The zero-order chi connectivity index (χ0) is 16.7. The normalized spacial score (nSPS) is 12.5. The van der Waals surface area contributed by atoms with Crippen LogP contribution in [0.25, 0.3) is 6.08 Å². The maximum Gasteiger partial charge on any atom is 0.331 e. The number of hydrogen-bond donors (Lipinski definition) is 1. The van der Waals surface area contributed by atoms with Gasteiger partial charge in [0, 0.05) is 27.7 Å². The number of halogens is 2. The SMILES string of the molecule is CC(C)[C@H](C)NC(=O)COC(=O)/C=C/c1c(Cl)cccc1Cl. The van der Waals surface area contributed by atoms with Gasteiger partial charge in [0.25, 0.3) is 5.91 Å². The second-order valence-electron chi connectivity index (χ2n) is 5.18. The highest BCUT2D eigenvalue weighted by atomic mass is 35.5. The lowest BCUT2D eigenvalue weighted by atomic mass is 10.1. The van der Waals surface area contributed by atoms with Crippen LogP contribution in [0.2, 0.25) is 10.0 Å². The Balaban J connectivity index is 2.50. The van der Waals surface area contributed by atoms with Gasteiger partial charge in [-0.05, 0) is 31.1 Å². The van der Waals surface area contributed by atoms with Gasteiger partial charge in [-0.2, -0.15) is 0 Å². The van der Waals surface area contributed by atoms with E-state index in [4.69, 9.17) is 27.9 Å². The Kier molecular flexibility index (Phi) is 7.42. The summed E-state index contributed by atoms with van der Waals surface area (Å²) in [6.07, 6.45) is 2.65. The molecule has 1 N–H and O–H groups in total. The van der Waals surface area contributed by atoms with E-state index in [9.17, 15) is 9.59 Å². The lowest BCUT2D eigenvalue weighted by Gasteiger charge is -2.16. The number of nitrogens with one attached hydrogen (secondary N) is 1. The molecule has 0 unspecified atom stereocenters. The van der Waals surface area contributed by atoms with Crippen molar-refractivity contribution in [1.29, 1.82) is 0 Å². The summed E-state index contributed by atoms with van der Waals surface area (Å²) in [5.41, 5.74) is 0.528. The molecule has 1 aromatic rings. The van der Waals surface area contributed by atoms with E-state index >= 15 is 0 Å². The zero-order valence-corrected chi connectivity index (χ0v) is 14.2. The number of amides is 1. The van der Waals surface area contributed by atoms with Crippen molar-refractivity contribution >= 4 is 41.2 Å². The van der Waals surface area contributed by atoms with Crippen molar-refractivity contribution in [2.45, 2.75) is 26.8 Å². The Bertz CT molecular complexity index is 550. The molecule has 0 aromatic heterocycles. The number of ether oxygens (including phenoxy) is 1. The van der Waals surface area contributed by atoms with E-state index < -0.39 is 5.97 Å². The molecule has 0 spiro atoms. The molecule has 4 nitrogen and oxygen atoms in total. The fourth-order valence-electron chi connectivity index (χ4n) is 1.47. The van der Waals surface area contributed by atoms with E-state index in [1.165, 1.54) is 12.2 Å². The molecule has 0 saturated heterocycles. The molecule has 0 fully saturated rings. The summed E-state index contributed by atoms with van der Waals surface area (Å²) in [5, 5.41) is 3.61. The number of benzene rings is 1. The van der Waals surface area contributed by atoms with Crippen molar-refractivity contribution in [3.05, 3.63) is 39.9 Å². The zero-order valence-electron chi connectivity index (χ0n) is 12.7. The third-order valence-corrected chi connectivity index (χ3v) is 3.78. The van der Waals surface area contributed by atoms with Crippen LogP contribution in [0.15, 0.2) is 24.3 Å². The summed E-state index contributed by atoms with van der Waals surface area (Å²) in [4.78, 5) is 23.2. The first-order valence-electron chi connectivity index (χ1n) is 6.89. The minimum Gasteiger partial charge on any atom is -0.452 e. The van der Waals surface area contributed by atoms with Crippen molar-refractivity contribution in [1.82, 2.24) is 5.32 Å². The number of rotatable bonds is 6. The first-order chi connectivity index (χ1) is 10.3. The second-order valence-corrected chi connectivity index (χ2v) is 5.99. The van der Waals surface area contributed by atoms with Gasteiger partial charge in [-0.25, -0.2) is 4.79 Å². The molecular formula is C16H19Cl2NO3. The topological polar surface area (TPSA) is 55.4 Å². The summed E-state index contributed by atoms with van der Waals surface area (Å²) in [6.45, 7) is 5.56. The fourth-order valence-corrected chi connectivity index (χ4v) is 1.99. The summed E-state index contributed by atoms with van der Waals surface area (Å²) in [5.74, 6) is -0.663. The van der Waals surface area contributed by atoms with Gasteiger partial charge in [-0.15, -0.1) is 0 Å². The van der Waals surface area contributed by atoms with Gasteiger partial charge >= 0.3 is 5.97 Å². The minimum absolute atomic E-state index is 0.0173. The third kappa shape index (κ3) is 6.08. The second kappa shape index (κ2) is 8.81. The summed E-state index contributed by atoms with van der Waals surface area (Å²) >= 11 is 12.0. The van der Waals surface area contributed by atoms with Gasteiger partial charge in [0.05, 0.1) is 0 Å². The van der Waals surface area contributed by atoms with Gasteiger partial charge in [0.2, 0.25) is 0 Å². The monoisotopic (exact) mass is 343 g/mol. The molecule has 22 heavy (non-hydrogen) atoms. The standard InChI is InChI=1S/C16H19Cl2NO3/c1-10(2)11(3)19-15(20)9-22-16(21)8-7-12-13(17)5-4-6-14(12)18/h4-8,10-11H,9H2,1-3H3,(H,19,20)/b8-7+/t11-/m0/s1. The Morgan fingerprint density at radius 1 is 1.23 bits per heavy atom. The molecule has 0 bridgehead atoms. The van der Waals surface area contributed by atoms with Crippen molar-refractivity contribution in [3.8, 4) is 0 Å². The average molecular weight is 344 g/mol. The van der Waals surface area contributed by atoms with E-state index in [2.05, 4.69) is 5.32 Å². The van der Waals surface area contributed by atoms with Gasteiger partial charge < -0.3 is 10.1 Å². The summed E-state index contributed by atoms with van der Waals surface area (Å²) < 4.78 is 4.86. The van der Waals surface area contributed by atoms with Crippen molar-refractivity contribution in [2.75, 3.05) is 6.61 Å². The van der Waals surface area contributed by atoms with Gasteiger partial charge in [-0.3, -0.25) is 4.79 Å². The van der Waals surface area contributed by atoms with Crippen LogP contribution in [0.3, 0.4) is 0 Å². The lowest BCUT2D eigenvalue weighted by Crippen LogP contribution is -2.38. The van der Waals surface area contributed by atoms with Crippen LogP contribution in [0.1, 0.15) is 26.3 Å². The first kappa shape index (κ1) is 18.5. The largest absolute Gasteiger partial charge is 0.452 e. The molecule has 0 heterocycles. The molecule has 0 saturated carbocycles. The van der Waals surface area contributed by atoms with Crippen LogP contribution in [0.4, 0.5) is 0 Å². The highest BCUT2D eigenvalue weighted by Gasteiger charge is 2.12. The number of carbonyl (C=O) groups is 2. The van der Waals surface area contributed by atoms with Gasteiger partial charge in [0.15, 0.2) is 6.61 Å². The smallest absolute Gasteiger partial charge is 0.331 e. The molecule has 120 valence electrons. The van der Waals surface area contributed by atoms with Crippen LogP contribution in [-0.2, 0) is 14.3 Å². The average Bonchev–Trinajstić information content (AvgIpc) is 2.44. The van der Waals surface area contributed by atoms with Crippen LogP contribution < -0.4 is 5.32 Å². The first-order valence-corrected chi connectivity index (χ1v) is 7.65. The quantitative estimate of drug-likeness (QED) is 0.632. The Morgan fingerprint density at radius 2 is 1.82 bits per heavy atom. The van der Waals surface area contributed by atoms with Gasteiger partial charge in [-0.1, -0.05) is 43.1 Å². The predicted octanol–water partition coefficient (Wildman–Crippen LogP) is 3.71. The van der Waals surface area contributed by atoms with Gasteiger partial charge in [0.1, 0.15) is 0 Å². The minimum atomic E-state index is -0.636. The molecule has 0 aliphatic carbocycles. The van der Waals surface area contributed by atoms with E-state index in [1.807, 2.05) is 20.8 Å². The predicted molar refractivity (Wildman–Crippen MR) is 88.9 cm³/mol. The molecule has 6 heteroatoms. The molecular weight excluding hydrogens is 325 g/mol. The summed E-state index contributed by atoms with van der Waals surface area (Å²) in [6, 6.07) is 5.06. The maximum atomic E-state index is 11.6. The molecule has 1 amide bonds. The Hall–Kier alpha value is -1.52. The van der Waals surface area contributed by atoms with Crippen LogP contribution in [0, 0.1) is 5.92 Å². The van der Waals surface area contributed by atoms with Crippen LogP contribution in [0.5, 0.6) is 0 Å². The van der Waals surface area contributed by atoms with Crippen molar-refractivity contribution in [3.63, 3.8) is 0 Å². The third-order valence-electron chi connectivity index (χ3n) is 3.12. The molecule has 1 aromatic carbocycles. The number of esters is 1. The summed E-state index contributed by atoms with van der Waals surface area (Å²) in [7, 11) is 0. The Labute approximate surface area is 140 Å². The van der Waals surface area contributed by atoms with Crippen molar-refractivity contribution in [2.24, 2.45) is 5.92 Å². The molecule has 0 radical (unpaired) electrons. The van der Waals surface area contributed by atoms with E-state index in [0.717, 1.165) is 0 Å². The van der Waals surface area contributed by atoms with E-state index in [0.29, 0.717) is 21.5 Å². The lowest BCUT2D eigenvalue weighted by molar-refractivity contribution is -0.144. The Morgan fingerprint density at radius 3 is 2.36 bits per heavy atom. The molecule has 1 rings (SSSR count). The maximum absolute atomic E-state index is 11.6. The van der Waals surface area contributed by atoms with Crippen LogP contribution in [-0.4, -0.2) is 24.5 Å². The van der Waals surface area contributed by atoms with Crippen molar-refractivity contribution < 1.29 is 14.3 Å². The molecule has 1 atom stereocenters. The van der Waals surface area contributed by atoms with E-state index in [1.54, 1.807) is 18.2 Å². The molecule has 0 aliphatic heterocycles. The number of hydrogen-bond acceptors (Lipinski definition) is 3. The highest BCUT2D eigenvalue weighted by Crippen LogP contribution is 2.25.